The topological polar surface area (TPSA) is 104 Å². The number of aliphatic imine (C=N–C) groups is 1. The van der Waals surface area contributed by atoms with E-state index in [1.807, 2.05) is 84.9 Å². The minimum absolute atomic E-state index is 0.360. The molecule has 0 spiro atoms. The Morgan fingerprint density at radius 1 is 0.829 bits per heavy atom. The second-order valence-corrected chi connectivity index (χ2v) is 8.16. The average Bonchev–Trinajstić information content (AvgIpc) is 2.86. The molecule has 0 radical (unpaired) electrons. The molecule has 4 N–H and O–H groups in total. The molecule has 1 heterocycles. The third-order valence-corrected chi connectivity index (χ3v) is 5.51. The lowest BCUT2D eigenvalue weighted by Gasteiger charge is -2.08. The van der Waals surface area contributed by atoms with E-state index in [1.165, 1.54) is 0 Å². The SMILES string of the molecule is Nc1cc(N)cc(COc2ccc(/C=N/c3ccc(-c4cc5ccccc5oc4=O)cc3)cc2)c1. The zero-order valence-electron chi connectivity index (χ0n) is 18.8. The second kappa shape index (κ2) is 9.57. The molecule has 0 fully saturated rings. The molecule has 1 aromatic heterocycles. The number of hydrogen-bond donors (Lipinski definition) is 2. The number of anilines is 2. The number of rotatable bonds is 6. The van der Waals surface area contributed by atoms with Gasteiger partial charge in [0.15, 0.2) is 0 Å². The van der Waals surface area contributed by atoms with Gasteiger partial charge in [0.1, 0.15) is 17.9 Å². The van der Waals surface area contributed by atoms with Crippen molar-refractivity contribution >= 4 is 34.2 Å². The summed E-state index contributed by atoms with van der Waals surface area (Å²) < 4.78 is 11.3. The van der Waals surface area contributed by atoms with Crippen molar-refractivity contribution in [1.82, 2.24) is 0 Å². The maximum absolute atomic E-state index is 12.4. The van der Waals surface area contributed by atoms with Gasteiger partial charge >= 0.3 is 5.63 Å². The van der Waals surface area contributed by atoms with Gasteiger partial charge in [0.25, 0.3) is 0 Å². The molecule has 35 heavy (non-hydrogen) atoms. The van der Waals surface area contributed by atoms with Gasteiger partial charge in [0.05, 0.1) is 11.3 Å². The van der Waals surface area contributed by atoms with Crippen LogP contribution in [-0.2, 0) is 6.61 Å². The Hall–Kier alpha value is -4.84. The minimum atomic E-state index is -0.360. The van der Waals surface area contributed by atoms with Crippen molar-refractivity contribution in [2.45, 2.75) is 6.61 Å². The summed E-state index contributed by atoms with van der Waals surface area (Å²) in [4.78, 5) is 16.9. The van der Waals surface area contributed by atoms with Crippen molar-refractivity contribution in [3.05, 3.63) is 119 Å². The number of nitrogen functional groups attached to an aromatic ring is 2. The Kier molecular flexibility index (Phi) is 6.01. The van der Waals surface area contributed by atoms with Gasteiger partial charge in [0.2, 0.25) is 0 Å². The van der Waals surface area contributed by atoms with Crippen LogP contribution < -0.4 is 21.8 Å². The number of ether oxygens (including phenoxy) is 1. The first kappa shape index (κ1) is 22.0. The standard InChI is InChI=1S/C29H23N3O3/c30-23-13-20(14-24(31)16-23)18-34-26-11-5-19(6-12-26)17-32-25-9-7-21(8-10-25)27-15-22-3-1-2-4-28(22)35-29(27)33/h1-17H,18,30-31H2/b32-17+. The predicted molar refractivity (Wildman–Crippen MR) is 141 cm³/mol. The van der Waals surface area contributed by atoms with Crippen LogP contribution in [0.3, 0.4) is 0 Å². The fourth-order valence-electron chi connectivity index (χ4n) is 3.79. The quantitative estimate of drug-likeness (QED) is 0.185. The van der Waals surface area contributed by atoms with E-state index in [0.29, 0.717) is 29.1 Å². The van der Waals surface area contributed by atoms with Gasteiger partial charge in [-0.05, 0) is 83.4 Å². The van der Waals surface area contributed by atoms with E-state index in [9.17, 15) is 4.79 Å². The Morgan fingerprint density at radius 3 is 2.29 bits per heavy atom. The highest BCUT2D eigenvalue weighted by Gasteiger charge is 2.07. The van der Waals surface area contributed by atoms with Crippen LogP contribution in [0.25, 0.3) is 22.1 Å². The van der Waals surface area contributed by atoms with Crippen LogP contribution in [0.1, 0.15) is 11.1 Å². The monoisotopic (exact) mass is 461 g/mol. The molecule has 0 aliphatic carbocycles. The summed E-state index contributed by atoms with van der Waals surface area (Å²) in [6.45, 7) is 0.380. The van der Waals surface area contributed by atoms with Crippen LogP contribution in [0.5, 0.6) is 5.75 Å². The van der Waals surface area contributed by atoms with Gasteiger partial charge in [-0.2, -0.15) is 0 Å². The normalized spacial score (nSPS) is 11.2. The Balaban J connectivity index is 1.24. The van der Waals surface area contributed by atoms with E-state index in [0.717, 1.165) is 33.5 Å². The maximum Gasteiger partial charge on any atom is 0.344 e. The first-order valence-corrected chi connectivity index (χ1v) is 11.1. The zero-order chi connectivity index (χ0) is 24.2. The number of fused-ring (bicyclic) bond motifs is 1. The summed E-state index contributed by atoms with van der Waals surface area (Å²) in [5, 5.41) is 0.883. The minimum Gasteiger partial charge on any atom is -0.489 e. The lowest BCUT2D eigenvalue weighted by Crippen LogP contribution is -2.02. The summed E-state index contributed by atoms with van der Waals surface area (Å²) in [7, 11) is 0. The Bertz CT molecular complexity index is 1550. The molecule has 0 amide bonds. The number of hydrogen-bond acceptors (Lipinski definition) is 6. The van der Waals surface area contributed by atoms with Gasteiger partial charge in [-0.25, -0.2) is 4.79 Å². The number of benzene rings is 4. The fraction of sp³-hybridized carbons (Fsp3) is 0.0345. The number of nitrogens with zero attached hydrogens (tertiary/aromatic N) is 1. The molecule has 5 rings (SSSR count). The molecule has 6 nitrogen and oxygen atoms in total. The maximum atomic E-state index is 12.4. The van der Waals surface area contributed by atoms with E-state index in [2.05, 4.69) is 4.99 Å². The van der Waals surface area contributed by atoms with Gasteiger partial charge < -0.3 is 20.6 Å². The van der Waals surface area contributed by atoms with E-state index < -0.39 is 0 Å². The molecular weight excluding hydrogens is 438 g/mol. The predicted octanol–water partition coefficient (Wildman–Crippen LogP) is 5.95. The van der Waals surface area contributed by atoms with Crippen molar-refractivity contribution in [3.63, 3.8) is 0 Å². The molecule has 0 aliphatic rings. The van der Waals surface area contributed by atoms with Crippen LogP contribution in [0.15, 0.2) is 111 Å². The van der Waals surface area contributed by atoms with Crippen molar-refractivity contribution in [1.29, 1.82) is 0 Å². The Morgan fingerprint density at radius 2 is 1.54 bits per heavy atom. The smallest absolute Gasteiger partial charge is 0.344 e. The number of nitrogens with two attached hydrogens (primary N) is 2. The lowest BCUT2D eigenvalue weighted by atomic mass is 10.1. The average molecular weight is 462 g/mol. The summed E-state index contributed by atoms with van der Waals surface area (Å²) in [6, 6.07) is 29.8. The highest BCUT2D eigenvalue weighted by molar-refractivity contribution is 5.83. The lowest BCUT2D eigenvalue weighted by molar-refractivity contribution is 0.306. The van der Waals surface area contributed by atoms with Crippen LogP contribution in [0, 0.1) is 0 Å². The van der Waals surface area contributed by atoms with Crippen LogP contribution in [0.2, 0.25) is 0 Å². The van der Waals surface area contributed by atoms with Crippen molar-refractivity contribution in [2.75, 3.05) is 11.5 Å². The molecule has 4 aromatic carbocycles. The second-order valence-electron chi connectivity index (χ2n) is 8.16. The Labute approximate surface area is 202 Å². The molecule has 0 saturated carbocycles. The summed E-state index contributed by atoms with van der Waals surface area (Å²) in [6.07, 6.45) is 1.78. The van der Waals surface area contributed by atoms with E-state index in [-0.39, 0.29) is 5.63 Å². The summed E-state index contributed by atoms with van der Waals surface area (Å²) >= 11 is 0. The van der Waals surface area contributed by atoms with Gasteiger partial charge in [0, 0.05) is 23.0 Å². The van der Waals surface area contributed by atoms with E-state index in [1.54, 1.807) is 18.3 Å². The first-order chi connectivity index (χ1) is 17.0. The summed E-state index contributed by atoms with van der Waals surface area (Å²) in [5.74, 6) is 0.738. The highest BCUT2D eigenvalue weighted by Crippen LogP contribution is 2.24. The molecule has 0 atom stereocenters. The molecule has 0 saturated heterocycles. The fourth-order valence-corrected chi connectivity index (χ4v) is 3.79. The molecule has 0 aliphatic heterocycles. The third-order valence-electron chi connectivity index (χ3n) is 5.51. The molecule has 172 valence electrons. The molecule has 0 unspecified atom stereocenters. The highest BCUT2D eigenvalue weighted by atomic mass is 16.5. The van der Waals surface area contributed by atoms with Crippen molar-refractivity contribution in [2.24, 2.45) is 4.99 Å². The molecule has 0 bridgehead atoms. The van der Waals surface area contributed by atoms with E-state index >= 15 is 0 Å². The van der Waals surface area contributed by atoms with Gasteiger partial charge in [-0.3, -0.25) is 4.99 Å². The largest absolute Gasteiger partial charge is 0.489 e. The van der Waals surface area contributed by atoms with Crippen molar-refractivity contribution in [3.8, 4) is 16.9 Å². The molecule has 5 aromatic rings. The summed E-state index contributed by atoms with van der Waals surface area (Å²) in [5.41, 5.74) is 17.0. The zero-order valence-corrected chi connectivity index (χ0v) is 18.8. The third kappa shape index (κ3) is 5.23. The van der Waals surface area contributed by atoms with Gasteiger partial charge in [-0.15, -0.1) is 0 Å². The molecular formula is C29H23N3O3. The number of para-hydroxylation sites is 1. The van der Waals surface area contributed by atoms with Crippen LogP contribution in [-0.4, -0.2) is 6.21 Å². The van der Waals surface area contributed by atoms with Crippen LogP contribution >= 0.6 is 0 Å². The molecule has 6 heteroatoms. The van der Waals surface area contributed by atoms with E-state index in [4.69, 9.17) is 20.6 Å². The van der Waals surface area contributed by atoms with Gasteiger partial charge in [-0.1, -0.05) is 30.3 Å². The first-order valence-electron chi connectivity index (χ1n) is 11.1. The van der Waals surface area contributed by atoms with Crippen LogP contribution in [0.4, 0.5) is 17.1 Å². The van der Waals surface area contributed by atoms with Crippen molar-refractivity contribution < 1.29 is 9.15 Å².